The molecule has 5 heteroatoms. The Balaban J connectivity index is 0.00000400. The van der Waals surface area contributed by atoms with Gasteiger partial charge in [0.1, 0.15) is 0 Å². The molecule has 0 atom stereocenters. The molecule has 0 heterocycles. The first kappa shape index (κ1) is 19.6. The fourth-order valence-electron chi connectivity index (χ4n) is 1.79. The second-order valence-electron chi connectivity index (χ2n) is 5.61. The van der Waals surface area contributed by atoms with E-state index in [0.717, 1.165) is 6.42 Å². The van der Waals surface area contributed by atoms with Gasteiger partial charge in [0, 0.05) is 30.5 Å². The van der Waals surface area contributed by atoms with Crippen molar-refractivity contribution in [2.75, 3.05) is 6.54 Å². The van der Waals surface area contributed by atoms with Crippen LogP contribution < -0.4 is 11.1 Å². The first-order valence-corrected chi connectivity index (χ1v) is 7.01. The average Bonchev–Trinajstić information content (AvgIpc) is 2.44. The van der Waals surface area contributed by atoms with Crippen LogP contribution in [0.4, 0.5) is 0 Å². The summed E-state index contributed by atoms with van der Waals surface area (Å²) in [5.74, 6) is -0.146. The summed E-state index contributed by atoms with van der Waals surface area (Å²) in [6.45, 7) is 6.15. The van der Waals surface area contributed by atoms with Crippen LogP contribution in [0.2, 0.25) is 0 Å². The minimum atomic E-state index is -0.428. The second-order valence-corrected chi connectivity index (χ2v) is 5.61. The van der Waals surface area contributed by atoms with E-state index in [9.17, 15) is 9.59 Å². The number of rotatable bonds is 7. The monoisotopic (exact) mass is 312 g/mol. The summed E-state index contributed by atoms with van der Waals surface area (Å²) in [5, 5.41) is 2.81. The number of Topliss-reactive ketones (excluding diaryl/α,β-unsaturated/α-hetero) is 1. The highest BCUT2D eigenvalue weighted by Gasteiger charge is 2.18. The lowest BCUT2D eigenvalue weighted by Crippen LogP contribution is -2.48. The maximum atomic E-state index is 12.0. The molecule has 0 radical (unpaired) electrons. The number of ketones is 1. The number of benzene rings is 1. The molecule has 1 aromatic carbocycles. The molecule has 0 spiro atoms. The third kappa shape index (κ3) is 6.74. The van der Waals surface area contributed by atoms with Gasteiger partial charge in [-0.15, -0.1) is 12.4 Å². The fourth-order valence-corrected chi connectivity index (χ4v) is 1.79. The van der Waals surface area contributed by atoms with Crippen LogP contribution in [0.1, 0.15) is 49.5 Å². The summed E-state index contributed by atoms with van der Waals surface area (Å²) in [6.07, 6.45) is 1.36. The molecule has 0 saturated carbocycles. The Morgan fingerprint density at radius 1 is 1.14 bits per heavy atom. The van der Waals surface area contributed by atoms with Crippen LogP contribution in [0, 0.1) is 0 Å². The average molecular weight is 313 g/mol. The molecule has 0 bridgehead atoms. The quantitative estimate of drug-likeness (QED) is 0.760. The highest BCUT2D eigenvalue weighted by Crippen LogP contribution is 2.09. The van der Waals surface area contributed by atoms with E-state index in [2.05, 4.69) is 12.2 Å². The molecule has 0 unspecified atom stereocenters. The second kappa shape index (κ2) is 8.80. The van der Waals surface area contributed by atoms with Crippen LogP contribution in [-0.4, -0.2) is 23.8 Å². The lowest BCUT2D eigenvalue weighted by Gasteiger charge is -2.24. The third-order valence-electron chi connectivity index (χ3n) is 3.25. The molecular weight excluding hydrogens is 288 g/mol. The first-order chi connectivity index (χ1) is 9.38. The van der Waals surface area contributed by atoms with Gasteiger partial charge in [0.2, 0.25) is 5.91 Å². The number of carbonyl (C=O) groups excluding carboxylic acids is 2. The maximum absolute atomic E-state index is 12.0. The largest absolute Gasteiger partial charge is 0.350 e. The van der Waals surface area contributed by atoms with Crippen LogP contribution in [0.3, 0.4) is 0 Å². The van der Waals surface area contributed by atoms with Crippen molar-refractivity contribution in [3.05, 3.63) is 35.4 Å². The fraction of sp³-hybridized carbons (Fsp3) is 0.500. The zero-order chi connectivity index (χ0) is 15.2. The topological polar surface area (TPSA) is 72.2 Å². The van der Waals surface area contributed by atoms with Gasteiger partial charge in [-0.2, -0.15) is 0 Å². The van der Waals surface area contributed by atoms with Gasteiger partial charge in [0.15, 0.2) is 5.78 Å². The Hall–Kier alpha value is -1.39. The van der Waals surface area contributed by atoms with Gasteiger partial charge >= 0.3 is 0 Å². The van der Waals surface area contributed by atoms with Gasteiger partial charge in [0.25, 0.3) is 0 Å². The molecule has 0 aliphatic heterocycles. The number of nitrogens with two attached hydrogens (primary N) is 1. The zero-order valence-corrected chi connectivity index (χ0v) is 13.8. The minimum absolute atomic E-state index is 0. The molecule has 0 aliphatic rings. The predicted molar refractivity (Wildman–Crippen MR) is 87.9 cm³/mol. The summed E-state index contributed by atoms with van der Waals surface area (Å²) in [6, 6.07) is 7.54. The molecule has 21 heavy (non-hydrogen) atoms. The molecule has 3 N–H and O–H groups in total. The van der Waals surface area contributed by atoms with Crippen LogP contribution in [-0.2, 0) is 11.2 Å². The molecule has 1 amide bonds. The number of halogens is 1. The Kier molecular flexibility index (Phi) is 8.22. The van der Waals surface area contributed by atoms with E-state index in [0.29, 0.717) is 12.1 Å². The molecule has 0 fully saturated rings. The Morgan fingerprint density at radius 2 is 1.71 bits per heavy atom. The molecule has 0 aliphatic carbocycles. The van der Waals surface area contributed by atoms with E-state index in [1.807, 2.05) is 38.1 Å². The van der Waals surface area contributed by atoms with E-state index in [1.54, 1.807) is 0 Å². The number of carbonyl (C=O) groups is 2. The Bertz CT molecular complexity index is 470. The van der Waals surface area contributed by atoms with Crippen molar-refractivity contribution < 1.29 is 9.59 Å². The highest BCUT2D eigenvalue weighted by atomic mass is 35.5. The molecule has 1 rings (SSSR count). The maximum Gasteiger partial charge on any atom is 0.220 e. The third-order valence-corrected chi connectivity index (χ3v) is 3.25. The predicted octanol–water partition coefficient (Wildman–Crippen LogP) is 2.49. The van der Waals surface area contributed by atoms with Crippen LogP contribution in [0.25, 0.3) is 0 Å². The van der Waals surface area contributed by atoms with Crippen molar-refractivity contribution in [2.24, 2.45) is 5.73 Å². The van der Waals surface area contributed by atoms with Gasteiger partial charge in [-0.05, 0) is 25.8 Å². The van der Waals surface area contributed by atoms with Gasteiger partial charge in [-0.3, -0.25) is 9.59 Å². The smallest absolute Gasteiger partial charge is 0.220 e. The lowest BCUT2D eigenvalue weighted by atomic mass is 10.0. The number of aryl methyl sites for hydroxylation is 1. The van der Waals surface area contributed by atoms with Crippen LogP contribution in [0.5, 0.6) is 0 Å². The Morgan fingerprint density at radius 3 is 2.19 bits per heavy atom. The standard InChI is InChI=1S/C16H24N2O2.ClH/c1-4-12-5-7-13(8-6-12)14(19)9-10-15(20)18-16(2,3)11-17;/h5-8H,4,9-11,17H2,1-3H3,(H,18,20);1H. The molecule has 0 aromatic heterocycles. The summed E-state index contributed by atoms with van der Waals surface area (Å²) in [7, 11) is 0. The minimum Gasteiger partial charge on any atom is -0.350 e. The van der Waals surface area contributed by atoms with Crippen molar-refractivity contribution in [1.82, 2.24) is 5.32 Å². The lowest BCUT2D eigenvalue weighted by molar-refractivity contribution is -0.122. The van der Waals surface area contributed by atoms with Gasteiger partial charge in [0.05, 0.1) is 0 Å². The highest BCUT2D eigenvalue weighted by molar-refractivity contribution is 5.98. The first-order valence-electron chi connectivity index (χ1n) is 7.01. The summed E-state index contributed by atoms with van der Waals surface area (Å²) in [5.41, 5.74) is 6.98. The Labute approximate surface area is 132 Å². The molecule has 118 valence electrons. The van der Waals surface area contributed by atoms with Crippen molar-refractivity contribution in [2.45, 2.75) is 45.6 Å². The molecule has 4 nitrogen and oxygen atoms in total. The van der Waals surface area contributed by atoms with Crippen molar-refractivity contribution in [1.29, 1.82) is 0 Å². The number of hydrogen-bond donors (Lipinski definition) is 2. The zero-order valence-electron chi connectivity index (χ0n) is 12.9. The van der Waals surface area contributed by atoms with E-state index < -0.39 is 5.54 Å². The molecular formula is C16H25ClN2O2. The van der Waals surface area contributed by atoms with E-state index in [-0.39, 0.29) is 36.9 Å². The van der Waals surface area contributed by atoms with Crippen molar-refractivity contribution in [3.8, 4) is 0 Å². The van der Waals surface area contributed by atoms with Crippen molar-refractivity contribution in [3.63, 3.8) is 0 Å². The number of nitrogens with one attached hydrogen (secondary N) is 1. The van der Waals surface area contributed by atoms with Crippen LogP contribution >= 0.6 is 12.4 Å². The summed E-state index contributed by atoms with van der Waals surface area (Å²) < 4.78 is 0. The van der Waals surface area contributed by atoms with E-state index in [4.69, 9.17) is 5.73 Å². The normalized spacial score (nSPS) is 10.7. The number of hydrogen-bond acceptors (Lipinski definition) is 3. The van der Waals surface area contributed by atoms with Gasteiger partial charge in [-0.25, -0.2) is 0 Å². The molecule has 0 saturated heterocycles. The SMILES string of the molecule is CCc1ccc(C(=O)CCC(=O)NC(C)(C)CN)cc1.Cl. The van der Waals surface area contributed by atoms with Gasteiger partial charge < -0.3 is 11.1 Å². The number of amides is 1. The van der Waals surface area contributed by atoms with Gasteiger partial charge in [-0.1, -0.05) is 31.2 Å². The summed E-state index contributed by atoms with van der Waals surface area (Å²) in [4.78, 5) is 23.7. The summed E-state index contributed by atoms with van der Waals surface area (Å²) >= 11 is 0. The van der Waals surface area contributed by atoms with Crippen molar-refractivity contribution >= 4 is 24.1 Å². The van der Waals surface area contributed by atoms with E-state index in [1.165, 1.54) is 5.56 Å². The van der Waals surface area contributed by atoms with E-state index >= 15 is 0 Å². The molecule has 1 aromatic rings. The van der Waals surface area contributed by atoms with Crippen LogP contribution in [0.15, 0.2) is 24.3 Å².